The van der Waals surface area contributed by atoms with Gasteiger partial charge in [-0.2, -0.15) is 0 Å². The Balaban J connectivity index is 2.80. The Hall–Kier alpha value is -0.850. The van der Waals surface area contributed by atoms with E-state index in [-0.39, 0.29) is 12.8 Å². The second-order valence-corrected chi connectivity index (χ2v) is 5.01. The Morgan fingerprint density at radius 2 is 1.91 bits per heavy atom. The highest BCUT2D eigenvalue weighted by molar-refractivity contribution is 5.72. The van der Waals surface area contributed by atoms with Crippen LogP contribution in [0.3, 0.4) is 0 Å². The molecule has 0 bridgehead atoms. The van der Waals surface area contributed by atoms with E-state index in [9.17, 15) is 20.1 Å². The molecule has 1 aliphatic rings. The molecule has 0 aromatic heterocycles. The van der Waals surface area contributed by atoms with E-state index in [1.54, 1.807) is 0 Å². The van der Waals surface area contributed by atoms with Crippen LogP contribution >= 0.6 is 0 Å². The highest BCUT2D eigenvalue weighted by Crippen LogP contribution is 2.23. The number of nitrogens with two attached hydrogens (primary N) is 2. The minimum absolute atomic E-state index is 0.159. The van der Waals surface area contributed by atoms with E-state index >= 15 is 0 Å². The van der Waals surface area contributed by atoms with Crippen molar-refractivity contribution in [1.29, 1.82) is 0 Å². The number of carboxylic acids is 1. The number of ether oxygens (including phenoxy) is 2. The van der Waals surface area contributed by atoms with Crippen molar-refractivity contribution in [2.75, 3.05) is 13.1 Å². The topological polar surface area (TPSA) is 189 Å². The van der Waals surface area contributed by atoms with E-state index in [0.717, 1.165) is 0 Å². The molecule has 0 amide bonds. The Labute approximate surface area is 130 Å². The molecule has 10 heteroatoms. The van der Waals surface area contributed by atoms with Crippen LogP contribution in [0.4, 0.5) is 0 Å². The van der Waals surface area contributed by atoms with Gasteiger partial charge >= 0.3 is 5.97 Å². The van der Waals surface area contributed by atoms with Crippen LogP contribution in [-0.4, -0.2) is 87.5 Å². The predicted molar refractivity (Wildman–Crippen MR) is 72.5 cm³/mol. The van der Waals surface area contributed by atoms with Crippen LogP contribution in [0.1, 0.15) is 15.6 Å². The summed E-state index contributed by atoms with van der Waals surface area (Å²) >= 11 is 0. The first-order valence-electron chi connectivity index (χ1n) is 7.72. The monoisotopic (exact) mass is 327 g/mol. The smallest absolute Gasteiger partial charge is 0.320 e. The molecule has 9 N–H and O–H groups in total. The molecule has 10 nitrogen and oxygen atoms in total. The average Bonchev–Trinajstić information content (AvgIpc) is 2.49. The Kier molecular flexibility index (Phi) is 6.33. The summed E-state index contributed by atoms with van der Waals surface area (Å²) in [6.07, 6.45) is -9.57. The van der Waals surface area contributed by atoms with E-state index in [4.69, 9.17) is 33.9 Å². The number of aliphatic hydroxyl groups is 4. The third-order valence-electron chi connectivity index (χ3n) is 3.39. The number of aliphatic hydroxyl groups excluding tert-OH is 4. The zero-order valence-electron chi connectivity index (χ0n) is 13.8. The van der Waals surface area contributed by atoms with Crippen LogP contribution < -0.4 is 11.5 Å². The van der Waals surface area contributed by atoms with Crippen molar-refractivity contribution in [3.8, 4) is 0 Å². The molecule has 0 radical (unpaired) electrons. The van der Waals surface area contributed by atoms with Crippen molar-refractivity contribution in [2.24, 2.45) is 11.5 Å². The van der Waals surface area contributed by atoms with Crippen LogP contribution in [0, 0.1) is 0 Å². The Morgan fingerprint density at radius 3 is 2.41 bits per heavy atom. The summed E-state index contributed by atoms with van der Waals surface area (Å²) in [6.45, 7) is -3.09. The molecule has 1 aliphatic heterocycles. The first-order chi connectivity index (χ1) is 11.0. The van der Waals surface area contributed by atoms with Crippen LogP contribution in [0.2, 0.25) is 0 Å². The van der Waals surface area contributed by atoms with Crippen molar-refractivity contribution in [1.82, 2.24) is 0 Å². The summed E-state index contributed by atoms with van der Waals surface area (Å²) < 4.78 is 25.4. The highest BCUT2D eigenvalue weighted by atomic mass is 16.7. The summed E-state index contributed by atoms with van der Waals surface area (Å²) in [5.41, 5.74) is 10.7. The van der Waals surface area contributed by atoms with Crippen molar-refractivity contribution >= 4 is 5.97 Å². The maximum Gasteiger partial charge on any atom is 0.320 e. The zero-order valence-corrected chi connectivity index (χ0v) is 11.8. The van der Waals surface area contributed by atoms with Gasteiger partial charge in [0.05, 0.1) is 12.7 Å². The number of carboxylic acid groups (broad SMARTS) is 1. The fraction of sp³-hybridized carbons (Fsp3) is 0.917. The van der Waals surface area contributed by atoms with Gasteiger partial charge in [-0.25, -0.2) is 0 Å². The molecule has 1 saturated heterocycles. The van der Waals surface area contributed by atoms with E-state index in [1.165, 1.54) is 0 Å². The van der Waals surface area contributed by atoms with Gasteiger partial charge in [0.2, 0.25) is 0 Å². The van der Waals surface area contributed by atoms with Crippen molar-refractivity contribution in [3.63, 3.8) is 0 Å². The molecule has 0 aliphatic carbocycles. The Morgan fingerprint density at radius 1 is 1.27 bits per heavy atom. The quantitative estimate of drug-likeness (QED) is 0.219. The molecule has 22 heavy (non-hydrogen) atoms. The molecule has 0 aromatic rings. The first kappa shape index (κ1) is 16.0. The molecule has 0 spiro atoms. The minimum atomic E-state index is -2.42. The third kappa shape index (κ3) is 4.83. The normalized spacial score (nSPS) is 37.1. The van der Waals surface area contributed by atoms with Gasteiger partial charge in [-0.05, 0) is 12.8 Å². The molecule has 1 fully saturated rings. The number of carbonyl (C=O) groups is 1. The molecule has 0 aromatic carbocycles. The molecule has 1 unspecified atom stereocenters. The molecule has 130 valence electrons. The highest BCUT2D eigenvalue weighted by Gasteiger charge is 2.44. The lowest BCUT2D eigenvalue weighted by atomic mass is 9.99. The summed E-state index contributed by atoms with van der Waals surface area (Å²) in [6, 6.07) is -1.26. The largest absolute Gasteiger partial charge is 0.480 e. The number of hydrogen-bond acceptors (Lipinski definition) is 9. The van der Waals surface area contributed by atoms with Crippen LogP contribution in [0.15, 0.2) is 0 Å². The van der Waals surface area contributed by atoms with E-state index in [1.807, 2.05) is 0 Å². The third-order valence-corrected chi connectivity index (χ3v) is 3.39. The number of aliphatic carboxylic acids is 1. The molecular formula is C12H24N2O8. The average molecular weight is 327 g/mol. The lowest BCUT2D eigenvalue weighted by molar-refractivity contribution is -0.310. The number of rotatable bonds is 8. The summed E-state index contributed by atoms with van der Waals surface area (Å²) in [5, 5.41) is 47.1. The predicted octanol–water partition coefficient (Wildman–Crippen LogP) is -3.68. The molecular weight excluding hydrogens is 301 g/mol. The van der Waals surface area contributed by atoms with E-state index in [2.05, 4.69) is 0 Å². The lowest BCUT2D eigenvalue weighted by Crippen LogP contribution is -2.60. The minimum Gasteiger partial charge on any atom is -0.480 e. The zero-order chi connectivity index (χ0) is 18.7. The van der Waals surface area contributed by atoms with Crippen molar-refractivity contribution in [3.05, 3.63) is 0 Å². The van der Waals surface area contributed by atoms with Crippen molar-refractivity contribution < 1.29 is 42.5 Å². The fourth-order valence-corrected chi connectivity index (χ4v) is 1.99. The molecule has 1 heterocycles. The van der Waals surface area contributed by atoms with Gasteiger partial charge in [0.1, 0.15) is 30.5 Å². The fourth-order valence-electron chi connectivity index (χ4n) is 1.99. The van der Waals surface area contributed by atoms with Gasteiger partial charge in [-0.15, -0.1) is 0 Å². The maximum atomic E-state index is 10.7. The standard InChI is InChI=1S/C12H24N2O8/c13-3-5(1-2-6(14)11(19)20)21-12-10(18)9(17)8(16)7(4-15)22-12/h5-10,12,15-18H,1-4,13-14H2,(H,19,20)/t5?,6-,7+,8-,9-,10+,12+/m0/s1/i3+1D2. The van der Waals surface area contributed by atoms with Gasteiger partial charge in [0.25, 0.3) is 0 Å². The molecule has 7 atom stereocenters. The van der Waals surface area contributed by atoms with Crippen LogP contribution in [-0.2, 0) is 14.3 Å². The lowest BCUT2D eigenvalue weighted by Gasteiger charge is -2.40. The van der Waals surface area contributed by atoms with E-state index in [0.29, 0.717) is 0 Å². The summed E-state index contributed by atoms with van der Waals surface area (Å²) in [5.74, 6) is -1.28. The Bertz CT molecular complexity index is 422. The van der Waals surface area contributed by atoms with Gasteiger partial charge in [-0.3, -0.25) is 4.79 Å². The van der Waals surface area contributed by atoms with Crippen LogP contribution in [0.5, 0.6) is 0 Å². The van der Waals surface area contributed by atoms with Gasteiger partial charge in [-0.1, -0.05) is 0 Å². The summed E-state index contributed by atoms with van der Waals surface area (Å²) in [4.78, 5) is 10.7. The van der Waals surface area contributed by atoms with Crippen molar-refractivity contribution in [2.45, 2.75) is 55.7 Å². The van der Waals surface area contributed by atoms with Gasteiger partial charge in [0.15, 0.2) is 6.29 Å². The van der Waals surface area contributed by atoms with Crippen LogP contribution in [0.25, 0.3) is 0 Å². The summed E-state index contributed by atoms with van der Waals surface area (Å²) in [7, 11) is 0. The maximum absolute atomic E-state index is 10.7. The van der Waals surface area contributed by atoms with Gasteiger partial charge in [0, 0.05) is 9.24 Å². The van der Waals surface area contributed by atoms with Gasteiger partial charge < -0.3 is 46.5 Å². The second-order valence-electron chi connectivity index (χ2n) is 5.01. The molecule has 0 saturated carbocycles. The second kappa shape index (κ2) is 8.70. The van der Waals surface area contributed by atoms with E-state index < -0.39 is 61.9 Å². The SMILES string of the molecule is [2H][13C]([2H])(N)C(CC[C@H](N)C(=O)O)O[C@@H]1O[C@H](CO)[C@H](O)[C@H](O)[C@H]1O. The first-order valence-corrected chi connectivity index (χ1v) is 6.72. The number of hydrogen-bond donors (Lipinski definition) is 7. The molecule has 1 rings (SSSR count).